The summed E-state index contributed by atoms with van der Waals surface area (Å²) in [6, 6.07) is 14.8. The van der Waals surface area contributed by atoms with E-state index >= 15 is 0 Å². The number of sulfonamides is 1. The molecule has 1 aliphatic heterocycles. The van der Waals surface area contributed by atoms with Gasteiger partial charge in [-0.2, -0.15) is 4.31 Å². The van der Waals surface area contributed by atoms with Crippen molar-refractivity contribution in [3.63, 3.8) is 0 Å². The van der Waals surface area contributed by atoms with Crippen LogP contribution in [0.25, 0.3) is 0 Å². The highest BCUT2D eigenvalue weighted by molar-refractivity contribution is 7.89. The van der Waals surface area contributed by atoms with Gasteiger partial charge in [-0.05, 0) is 43.2 Å². The zero-order valence-electron chi connectivity index (χ0n) is 13.6. The number of carbonyl (C=O) groups excluding carboxylic acids is 1. The number of amides is 1. The van der Waals surface area contributed by atoms with Crippen LogP contribution in [0.1, 0.15) is 23.2 Å². The number of rotatable bonds is 5. The Kier molecular flexibility index (Phi) is 5.42. The van der Waals surface area contributed by atoms with Gasteiger partial charge in [0.15, 0.2) is 0 Å². The van der Waals surface area contributed by atoms with E-state index in [2.05, 4.69) is 5.32 Å². The maximum absolute atomic E-state index is 12.8. The second-order valence-electron chi connectivity index (χ2n) is 5.95. The van der Waals surface area contributed by atoms with E-state index in [4.69, 9.17) is 11.6 Å². The Morgan fingerprint density at radius 3 is 2.64 bits per heavy atom. The summed E-state index contributed by atoms with van der Waals surface area (Å²) in [6.45, 7) is 0.742. The van der Waals surface area contributed by atoms with E-state index in [1.54, 1.807) is 54.6 Å². The van der Waals surface area contributed by atoms with Crippen molar-refractivity contribution < 1.29 is 13.2 Å². The Morgan fingerprint density at radius 2 is 1.92 bits per heavy atom. The van der Waals surface area contributed by atoms with Crippen molar-refractivity contribution in [3.8, 4) is 0 Å². The van der Waals surface area contributed by atoms with Crippen LogP contribution in [0.15, 0.2) is 59.5 Å². The largest absolute Gasteiger partial charge is 0.350 e. The first-order valence-corrected chi connectivity index (χ1v) is 9.91. The van der Waals surface area contributed by atoms with Gasteiger partial charge in [0, 0.05) is 29.7 Å². The molecule has 0 spiro atoms. The van der Waals surface area contributed by atoms with E-state index in [-0.39, 0.29) is 23.4 Å². The van der Waals surface area contributed by atoms with Crippen molar-refractivity contribution in [2.45, 2.75) is 23.8 Å². The molecule has 7 heteroatoms. The Morgan fingerprint density at radius 1 is 1.16 bits per heavy atom. The second kappa shape index (κ2) is 7.56. The molecule has 0 aliphatic carbocycles. The zero-order chi connectivity index (χ0) is 17.9. The van der Waals surface area contributed by atoms with E-state index in [1.165, 1.54) is 4.31 Å². The summed E-state index contributed by atoms with van der Waals surface area (Å²) >= 11 is 5.90. The molecule has 1 heterocycles. The van der Waals surface area contributed by atoms with Gasteiger partial charge in [-0.3, -0.25) is 4.79 Å². The van der Waals surface area contributed by atoms with Gasteiger partial charge in [0.2, 0.25) is 10.0 Å². The van der Waals surface area contributed by atoms with Gasteiger partial charge in [-0.25, -0.2) is 8.42 Å². The van der Waals surface area contributed by atoms with Gasteiger partial charge in [-0.1, -0.05) is 35.9 Å². The summed E-state index contributed by atoms with van der Waals surface area (Å²) in [5, 5.41) is 3.31. The Balaban J connectivity index is 1.69. The first-order chi connectivity index (χ1) is 12.0. The van der Waals surface area contributed by atoms with Crippen LogP contribution in [0.4, 0.5) is 0 Å². The first-order valence-electron chi connectivity index (χ1n) is 8.09. The van der Waals surface area contributed by atoms with Crippen LogP contribution in [0.5, 0.6) is 0 Å². The van der Waals surface area contributed by atoms with Crippen LogP contribution in [-0.2, 0) is 10.0 Å². The normalized spacial score (nSPS) is 18.2. The molecule has 1 fully saturated rings. The number of carbonyl (C=O) groups is 1. The zero-order valence-corrected chi connectivity index (χ0v) is 15.1. The lowest BCUT2D eigenvalue weighted by atomic mass is 10.2. The third-order valence-electron chi connectivity index (χ3n) is 4.26. The summed E-state index contributed by atoms with van der Waals surface area (Å²) < 4.78 is 27.1. The molecule has 0 saturated carbocycles. The molecular weight excluding hydrogens is 360 g/mol. The minimum atomic E-state index is -3.55. The molecule has 0 bridgehead atoms. The summed E-state index contributed by atoms with van der Waals surface area (Å²) in [5.41, 5.74) is 0.461. The molecule has 0 radical (unpaired) electrons. The van der Waals surface area contributed by atoms with Crippen molar-refractivity contribution in [1.29, 1.82) is 0 Å². The van der Waals surface area contributed by atoms with E-state index in [9.17, 15) is 13.2 Å². The topological polar surface area (TPSA) is 66.5 Å². The highest BCUT2D eigenvalue weighted by Crippen LogP contribution is 2.25. The van der Waals surface area contributed by atoms with E-state index < -0.39 is 10.0 Å². The molecule has 25 heavy (non-hydrogen) atoms. The molecule has 1 aliphatic rings. The lowest BCUT2D eigenvalue weighted by Gasteiger charge is -2.24. The minimum absolute atomic E-state index is 0.242. The van der Waals surface area contributed by atoms with Crippen molar-refractivity contribution in [2.24, 2.45) is 0 Å². The fraction of sp³-hybridized carbons (Fsp3) is 0.278. The van der Waals surface area contributed by atoms with Crippen molar-refractivity contribution in [3.05, 3.63) is 65.2 Å². The van der Waals surface area contributed by atoms with E-state index in [0.29, 0.717) is 17.1 Å². The van der Waals surface area contributed by atoms with Crippen LogP contribution in [-0.4, -0.2) is 37.8 Å². The molecule has 3 rings (SSSR count). The predicted molar refractivity (Wildman–Crippen MR) is 97.1 cm³/mol. The summed E-state index contributed by atoms with van der Waals surface area (Å²) in [7, 11) is -3.55. The average Bonchev–Trinajstić information content (AvgIpc) is 3.10. The molecule has 1 atom stereocenters. The number of hydrogen-bond donors (Lipinski definition) is 1. The predicted octanol–water partition coefficient (Wildman–Crippen LogP) is 2.92. The molecule has 1 N–H and O–H groups in total. The molecule has 5 nitrogen and oxygen atoms in total. The SMILES string of the molecule is O=C(NC[C@H]1CCCN1S(=O)(=O)c1ccccc1)c1cccc(Cl)c1. The third-order valence-corrected chi connectivity index (χ3v) is 6.46. The van der Waals surface area contributed by atoms with E-state index in [0.717, 1.165) is 12.8 Å². The quantitative estimate of drug-likeness (QED) is 0.869. The van der Waals surface area contributed by atoms with Gasteiger partial charge in [0.1, 0.15) is 0 Å². The van der Waals surface area contributed by atoms with Crippen molar-refractivity contribution >= 4 is 27.5 Å². The first kappa shape index (κ1) is 17.9. The van der Waals surface area contributed by atoms with Gasteiger partial charge in [0.05, 0.1) is 4.90 Å². The van der Waals surface area contributed by atoms with Crippen molar-refractivity contribution in [2.75, 3.05) is 13.1 Å². The number of nitrogens with zero attached hydrogens (tertiary/aromatic N) is 1. The fourth-order valence-electron chi connectivity index (χ4n) is 3.00. The number of hydrogen-bond acceptors (Lipinski definition) is 3. The highest BCUT2D eigenvalue weighted by Gasteiger charge is 2.35. The van der Waals surface area contributed by atoms with Crippen LogP contribution >= 0.6 is 11.6 Å². The van der Waals surface area contributed by atoms with E-state index in [1.807, 2.05) is 0 Å². The molecule has 2 aromatic carbocycles. The van der Waals surface area contributed by atoms with Gasteiger partial charge >= 0.3 is 0 Å². The molecule has 132 valence electrons. The summed E-state index contributed by atoms with van der Waals surface area (Å²) in [5.74, 6) is -0.258. The number of nitrogens with one attached hydrogen (secondary N) is 1. The monoisotopic (exact) mass is 378 g/mol. The van der Waals surface area contributed by atoms with Crippen molar-refractivity contribution in [1.82, 2.24) is 9.62 Å². The number of halogens is 1. The minimum Gasteiger partial charge on any atom is -0.350 e. The highest BCUT2D eigenvalue weighted by atomic mass is 35.5. The van der Waals surface area contributed by atoms with Crippen LogP contribution < -0.4 is 5.32 Å². The molecule has 2 aromatic rings. The summed E-state index contributed by atoms with van der Waals surface area (Å²) in [4.78, 5) is 12.5. The standard InChI is InChI=1S/C18H19ClN2O3S/c19-15-7-4-6-14(12-15)18(22)20-13-16-8-5-11-21(16)25(23,24)17-9-2-1-3-10-17/h1-4,6-7,9-10,12,16H,5,8,11,13H2,(H,20,22)/t16-/m1/s1. The van der Waals surface area contributed by atoms with Gasteiger partial charge < -0.3 is 5.32 Å². The average molecular weight is 379 g/mol. The number of benzene rings is 2. The fourth-order valence-corrected chi connectivity index (χ4v) is 4.90. The molecular formula is C18H19ClN2O3S. The third kappa shape index (κ3) is 4.03. The Bertz CT molecular complexity index is 856. The smallest absolute Gasteiger partial charge is 0.251 e. The molecule has 1 amide bonds. The maximum Gasteiger partial charge on any atom is 0.251 e. The van der Waals surface area contributed by atoms with Crippen LogP contribution in [0, 0.1) is 0 Å². The van der Waals surface area contributed by atoms with Gasteiger partial charge in [0.25, 0.3) is 5.91 Å². The molecule has 0 unspecified atom stereocenters. The summed E-state index contributed by atoms with van der Waals surface area (Å²) in [6.07, 6.45) is 1.51. The lowest BCUT2D eigenvalue weighted by molar-refractivity contribution is 0.0946. The second-order valence-corrected chi connectivity index (χ2v) is 8.27. The van der Waals surface area contributed by atoms with Crippen LogP contribution in [0.3, 0.4) is 0 Å². The molecule has 1 saturated heterocycles. The van der Waals surface area contributed by atoms with Gasteiger partial charge in [-0.15, -0.1) is 0 Å². The maximum atomic E-state index is 12.8. The Labute approximate surface area is 152 Å². The Hall–Kier alpha value is -1.89. The molecule has 0 aromatic heterocycles. The van der Waals surface area contributed by atoms with Crippen LogP contribution in [0.2, 0.25) is 5.02 Å². The lowest BCUT2D eigenvalue weighted by Crippen LogP contribution is -2.43.